The van der Waals surface area contributed by atoms with E-state index in [0.717, 1.165) is 21.8 Å². The second-order valence-electron chi connectivity index (χ2n) is 7.25. The number of hydrogen-bond acceptors (Lipinski definition) is 3. The number of nitrogens with zero attached hydrogens (tertiary/aromatic N) is 2. The van der Waals surface area contributed by atoms with E-state index in [1.807, 2.05) is 0 Å². The van der Waals surface area contributed by atoms with Crippen molar-refractivity contribution in [3.05, 3.63) is 46.7 Å². The van der Waals surface area contributed by atoms with E-state index in [0.29, 0.717) is 23.4 Å². The van der Waals surface area contributed by atoms with Crippen molar-refractivity contribution in [2.24, 2.45) is 0 Å². The van der Waals surface area contributed by atoms with E-state index in [4.69, 9.17) is 11.6 Å². The first-order valence-electron chi connectivity index (χ1n) is 8.90. The van der Waals surface area contributed by atoms with Crippen LogP contribution in [-0.2, 0) is 16.0 Å². The van der Waals surface area contributed by atoms with Gasteiger partial charge in [0.25, 0.3) is 5.91 Å². The number of hydrogen-bond donors (Lipinski definition) is 0. The molecule has 0 aliphatic heterocycles. The normalized spacial score (nSPS) is 14.8. The van der Waals surface area contributed by atoms with E-state index >= 15 is 0 Å². The Labute approximate surface area is 172 Å². The molecule has 1 aliphatic rings. The third-order valence-corrected chi connectivity index (χ3v) is 5.92. The minimum absolute atomic E-state index is 0.0850. The summed E-state index contributed by atoms with van der Waals surface area (Å²) in [6.07, 6.45) is -2.50. The first-order valence-corrected chi connectivity index (χ1v) is 11.3. The molecule has 1 heterocycles. The summed E-state index contributed by atoms with van der Waals surface area (Å²) in [5.41, 5.74) is -0.390. The molecule has 0 saturated heterocycles. The lowest BCUT2D eigenvalue weighted by molar-refractivity contribution is -0.143. The van der Waals surface area contributed by atoms with Gasteiger partial charge in [-0.15, -0.1) is 0 Å². The van der Waals surface area contributed by atoms with Crippen LogP contribution in [0, 0.1) is 0 Å². The van der Waals surface area contributed by atoms with Gasteiger partial charge in [0, 0.05) is 36.5 Å². The highest BCUT2D eigenvalue weighted by molar-refractivity contribution is 7.90. The fourth-order valence-electron chi connectivity index (χ4n) is 3.11. The minimum Gasteiger partial charge on any atom is -0.339 e. The number of rotatable bonds is 6. The van der Waals surface area contributed by atoms with Crippen molar-refractivity contribution in [1.82, 2.24) is 9.47 Å². The fraction of sp³-hybridized carbons (Fsp3) is 0.421. The molecule has 1 amide bonds. The van der Waals surface area contributed by atoms with Crippen molar-refractivity contribution >= 4 is 27.3 Å². The van der Waals surface area contributed by atoms with E-state index in [-0.39, 0.29) is 23.6 Å². The molecule has 0 atom stereocenters. The highest BCUT2D eigenvalue weighted by atomic mass is 35.5. The molecule has 1 aliphatic carbocycles. The number of alkyl halides is 3. The number of halogens is 4. The zero-order valence-electron chi connectivity index (χ0n) is 15.8. The van der Waals surface area contributed by atoms with Crippen LogP contribution < -0.4 is 0 Å². The van der Waals surface area contributed by atoms with Gasteiger partial charge in [0.2, 0.25) is 0 Å². The molecule has 1 saturated carbocycles. The van der Waals surface area contributed by atoms with Crippen LogP contribution in [0.2, 0.25) is 5.02 Å². The molecule has 0 N–H and O–H groups in total. The predicted octanol–water partition coefficient (Wildman–Crippen LogP) is 4.28. The van der Waals surface area contributed by atoms with Crippen molar-refractivity contribution in [1.29, 1.82) is 0 Å². The average molecular weight is 449 g/mol. The second kappa shape index (κ2) is 7.68. The maximum Gasteiger partial charge on any atom is 0.431 e. The Morgan fingerprint density at radius 1 is 1.24 bits per heavy atom. The summed E-state index contributed by atoms with van der Waals surface area (Å²) in [6, 6.07) is 6.78. The average Bonchev–Trinajstić information content (AvgIpc) is 3.37. The summed E-state index contributed by atoms with van der Waals surface area (Å²) in [5.74, 6) is -0.928. The third kappa shape index (κ3) is 4.95. The van der Waals surface area contributed by atoms with Crippen molar-refractivity contribution in [3.8, 4) is 11.1 Å². The van der Waals surface area contributed by atoms with E-state index in [1.54, 1.807) is 24.3 Å². The number of aromatic nitrogens is 1. The molecule has 0 unspecified atom stereocenters. The molecule has 0 radical (unpaired) electrons. The molecule has 5 nitrogen and oxygen atoms in total. The number of amides is 1. The van der Waals surface area contributed by atoms with Crippen LogP contribution in [0.5, 0.6) is 0 Å². The standard InChI is InChI=1S/C19H20ClF3N2O3S/c1-24(9-10-29(2,27)28)18(26)17-15(12-3-5-13(20)6-4-12)11-16(19(21,22)23)25(17)14-7-8-14/h3-6,11,14H,7-10H2,1-2H3. The van der Waals surface area contributed by atoms with E-state index in [2.05, 4.69) is 0 Å². The van der Waals surface area contributed by atoms with Gasteiger partial charge in [-0.2, -0.15) is 13.2 Å². The molecule has 0 bridgehead atoms. The molecule has 0 spiro atoms. The van der Waals surface area contributed by atoms with Gasteiger partial charge in [-0.05, 0) is 36.6 Å². The van der Waals surface area contributed by atoms with Gasteiger partial charge in [0.05, 0.1) is 5.75 Å². The fourth-order valence-corrected chi connectivity index (χ4v) is 3.84. The largest absolute Gasteiger partial charge is 0.431 e. The summed E-state index contributed by atoms with van der Waals surface area (Å²) < 4.78 is 65.1. The number of sulfone groups is 1. The monoisotopic (exact) mass is 448 g/mol. The molecular weight excluding hydrogens is 429 g/mol. The number of carbonyl (C=O) groups excluding carboxylic acids is 1. The maximum atomic E-state index is 13.7. The van der Waals surface area contributed by atoms with Crippen molar-refractivity contribution < 1.29 is 26.4 Å². The van der Waals surface area contributed by atoms with E-state index in [9.17, 15) is 26.4 Å². The van der Waals surface area contributed by atoms with Crippen molar-refractivity contribution in [2.75, 3.05) is 25.6 Å². The zero-order chi connectivity index (χ0) is 21.6. The maximum absolute atomic E-state index is 13.7. The lowest BCUT2D eigenvalue weighted by Crippen LogP contribution is -2.33. The molecule has 3 rings (SSSR count). The van der Waals surface area contributed by atoms with E-state index < -0.39 is 33.7 Å². The smallest absolute Gasteiger partial charge is 0.339 e. The summed E-state index contributed by atoms with van der Waals surface area (Å²) in [4.78, 5) is 14.3. The highest BCUT2D eigenvalue weighted by Crippen LogP contribution is 2.45. The second-order valence-corrected chi connectivity index (χ2v) is 9.95. The SMILES string of the molecule is CN(CCS(C)(=O)=O)C(=O)c1c(-c2ccc(Cl)cc2)cc(C(F)(F)F)n1C1CC1. The number of carbonyl (C=O) groups is 1. The van der Waals surface area contributed by atoms with Crippen LogP contribution in [0.4, 0.5) is 13.2 Å². The van der Waals surface area contributed by atoms with Crippen molar-refractivity contribution in [2.45, 2.75) is 25.1 Å². The molecular formula is C19H20ClF3N2O3S. The highest BCUT2D eigenvalue weighted by Gasteiger charge is 2.43. The Morgan fingerprint density at radius 3 is 2.31 bits per heavy atom. The first-order chi connectivity index (χ1) is 13.4. The van der Waals surface area contributed by atoms with Gasteiger partial charge >= 0.3 is 6.18 Å². The van der Waals surface area contributed by atoms with Crippen LogP contribution in [0.25, 0.3) is 11.1 Å². The van der Waals surface area contributed by atoms with Gasteiger partial charge in [0.15, 0.2) is 0 Å². The topological polar surface area (TPSA) is 59.4 Å². The molecule has 1 aromatic carbocycles. The van der Waals surface area contributed by atoms with Gasteiger partial charge in [-0.3, -0.25) is 4.79 Å². The molecule has 1 fully saturated rings. The van der Waals surface area contributed by atoms with E-state index in [1.165, 1.54) is 7.05 Å². The zero-order valence-corrected chi connectivity index (χ0v) is 17.4. The van der Waals surface area contributed by atoms with Crippen LogP contribution in [0.3, 0.4) is 0 Å². The predicted molar refractivity (Wildman–Crippen MR) is 105 cm³/mol. The van der Waals surface area contributed by atoms with Crippen LogP contribution >= 0.6 is 11.6 Å². The van der Waals surface area contributed by atoms with Crippen molar-refractivity contribution in [3.63, 3.8) is 0 Å². The third-order valence-electron chi connectivity index (χ3n) is 4.74. The van der Waals surface area contributed by atoms with Gasteiger partial charge in [-0.1, -0.05) is 23.7 Å². The summed E-state index contributed by atoms with van der Waals surface area (Å²) >= 11 is 5.89. The summed E-state index contributed by atoms with van der Waals surface area (Å²) in [5, 5.41) is 0.421. The van der Waals surface area contributed by atoms with Crippen LogP contribution in [0.1, 0.15) is 35.1 Å². The molecule has 29 heavy (non-hydrogen) atoms. The minimum atomic E-state index is -4.63. The van der Waals surface area contributed by atoms with Crippen LogP contribution in [0.15, 0.2) is 30.3 Å². The molecule has 2 aromatic rings. The quantitative estimate of drug-likeness (QED) is 0.662. The summed E-state index contributed by atoms with van der Waals surface area (Å²) in [7, 11) is -1.94. The number of benzene rings is 1. The Bertz CT molecular complexity index is 1030. The molecule has 10 heteroatoms. The Kier molecular flexibility index (Phi) is 5.75. The van der Waals surface area contributed by atoms with Gasteiger partial charge in [-0.25, -0.2) is 8.42 Å². The summed E-state index contributed by atoms with van der Waals surface area (Å²) in [6.45, 7) is -0.116. The molecule has 158 valence electrons. The van der Waals surface area contributed by atoms with Gasteiger partial charge in [0.1, 0.15) is 21.2 Å². The lowest BCUT2D eigenvalue weighted by Gasteiger charge is -2.20. The molecule has 1 aromatic heterocycles. The van der Waals surface area contributed by atoms with Crippen LogP contribution in [-0.4, -0.2) is 49.4 Å². The Morgan fingerprint density at radius 2 is 1.83 bits per heavy atom. The lowest BCUT2D eigenvalue weighted by atomic mass is 10.1. The van der Waals surface area contributed by atoms with Gasteiger partial charge < -0.3 is 9.47 Å². The Hall–Kier alpha value is -2.00. The Balaban J connectivity index is 2.13. The first kappa shape index (κ1) is 21.7.